The van der Waals surface area contributed by atoms with E-state index >= 15 is 0 Å². The highest BCUT2D eigenvalue weighted by molar-refractivity contribution is 5.87. The van der Waals surface area contributed by atoms with Crippen LogP contribution in [0.15, 0.2) is 37.1 Å². The fraction of sp³-hybridized carbons (Fsp3) is 0. The minimum atomic E-state index is -0.964. The highest BCUT2D eigenvalue weighted by atomic mass is 35.5. The SMILES string of the molecule is Cl.O=C(O)c1ccnc(-n2ccnc2)c1. The predicted molar refractivity (Wildman–Crippen MR) is 55.6 cm³/mol. The molecule has 0 radical (unpaired) electrons. The van der Waals surface area contributed by atoms with Gasteiger partial charge in [0.1, 0.15) is 12.1 Å². The summed E-state index contributed by atoms with van der Waals surface area (Å²) < 4.78 is 1.65. The largest absolute Gasteiger partial charge is 0.478 e. The molecule has 2 heterocycles. The highest BCUT2D eigenvalue weighted by Crippen LogP contribution is 2.06. The molecule has 0 bridgehead atoms. The maximum Gasteiger partial charge on any atom is 0.335 e. The molecule has 0 fully saturated rings. The smallest absolute Gasteiger partial charge is 0.335 e. The summed E-state index contributed by atoms with van der Waals surface area (Å²) in [6.07, 6.45) is 6.33. The van der Waals surface area contributed by atoms with E-state index in [-0.39, 0.29) is 18.0 Å². The lowest BCUT2D eigenvalue weighted by Gasteiger charge is -2.00. The number of carbonyl (C=O) groups is 1. The van der Waals surface area contributed by atoms with Crippen molar-refractivity contribution in [2.24, 2.45) is 0 Å². The van der Waals surface area contributed by atoms with Gasteiger partial charge in [0.05, 0.1) is 5.56 Å². The Hall–Kier alpha value is -1.88. The molecule has 0 aliphatic carbocycles. The van der Waals surface area contributed by atoms with Gasteiger partial charge in [-0.05, 0) is 12.1 Å². The monoisotopic (exact) mass is 225 g/mol. The fourth-order valence-corrected chi connectivity index (χ4v) is 1.09. The number of imidazole rings is 1. The van der Waals surface area contributed by atoms with Crippen molar-refractivity contribution >= 4 is 18.4 Å². The Morgan fingerprint density at radius 2 is 2.20 bits per heavy atom. The first-order valence-electron chi connectivity index (χ1n) is 3.95. The second-order valence-electron chi connectivity index (χ2n) is 2.68. The van der Waals surface area contributed by atoms with Crippen LogP contribution in [0.5, 0.6) is 0 Å². The van der Waals surface area contributed by atoms with Gasteiger partial charge < -0.3 is 5.11 Å². The topological polar surface area (TPSA) is 68.0 Å². The first-order chi connectivity index (χ1) is 6.77. The maximum absolute atomic E-state index is 10.7. The molecule has 15 heavy (non-hydrogen) atoms. The Bertz CT molecular complexity index is 456. The van der Waals surface area contributed by atoms with Crippen LogP contribution in [0.2, 0.25) is 0 Å². The first kappa shape index (κ1) is 11.2. The highest BCUT2D eigenvalue weighted by Gasteiger charge is 2.04. The van der Waals surface area contributed by atoms with Crippen molar-refractivity contribution in [2.75, 3.05) is 0 Å². The second kappa shape index (κ2) is 4.56. The number of hydrogen-bond donors (Lipinski definition) is 1. The van der Waals surface area contributed by atoms with Gasteiger partial charge in [-0.15, -0.1) is 12.4 Å². The zero-order chi connectivity index (χ0) is 9.97. The number of carboxylic acids is 1. The molecule has 0 aromatic carbocycles. The maximum atomic E-state index is 10.7. The van der Waals surface area contributed by atoms with E-state index in [0.717, 1.165) is 0 Å². The molecule has 0 atom stereocenters. The summed E-state index contributed by atoms with van der Waals surface area (Å²) >= 11 is 0. The van der Waals surface area contributed by atoms with E-state index < -0.39 is 5.97 Å². The summed E-state index contributed by atoms with van der Waals surface area (Å²) in [4.78, 5) is 18.5. The number of carboxylic acid groups (broad SMARTS) is 1. The standard InChI is InChI=1S/C9H7N3O2.ClH/c13-9(14)7-1-2-11-8(5-7)12-4-3-10-6-12;/h1-6H,(H,13,14);1H. The van der Waals surface area contributed by atoms with Crippen LogP contribution in [0, 0.1) is 0 Å². The van der Waals surface area contributed by atoms with Crippen LogP contribution in [0.4, 0.5) is 0 Å². The molecule has 0 amide bonds. The Labute approximate surface area is 91.8 Å². The van der Waals surface area contributed by atoms with Crippen LogP contribution >= 0.6 is 12.4 Å². The van der Waals surface area contributed by atoms with Gasteiger partial charge in [-0.25, -0.2) is 14.8 Å². The first-order valence-corrected chi connectivity index (χ1v) is 3.95. The van der Waals surface area contributed by atoms with Crippen LogP contribution in [0.1, 0.15) is 10.4 Å². The van der Waals surface area contributed by atoms with Gasteiger partial charge >= 0.3 is 5.97 Å². The van der Waals surface area contributed by atoms with Crippen molar-refractivity contribution in [3.63, 3.8) is 0 Å². The third-order valence-corrected chi connectivity index (χ3v) is 1.76. The number of halogens is 1. The number of aromatic nitrogens is 3. The number of aromatic carboxylic acids is 1. The van der Waals surface area contributed by atoms with Crippen molar-refractivity contribution in [3.8, 4) is 5.82 Å². The van der Waals surface area contributed by atoms with Crippen LogP contribution in [-0.4, -0.2) is 25.6 Å². The van der Waals surface area contributed by atoms with Crippen molar-refractivity contribution < 1.29 is 9.90 Å². The molecule has 0 unspecified atom stereocenters. The molecule has 2 aromatic heterocycles. The van der Waals surface area contributed by atoms with E-state index in [9.17, 15) is 4.79 Å². The molecular weight excluding hydrogens is 218 g/mol. The molecule has 0 saturated carbocycles. The molecule has 0 aliphatic heterocycles. The number of pyridine rings is 1. The minimum Gasteiger partial charge on any atom is -0.478 e. The summed E-state index contributed by atoms with van der Waals surface area (Å²) in [7, 11) is 0. The van der Waals surface area contributed by atoms with Gasteiger partial charge in [0, 0.05) is 18.6 Å². The Morgan fingerprint density at radius 3 is 2.80 bits per heavy atom. The van der Waals surface area contributed by atoms with Crippen LogP contribution in [0.3, 0.4) is 0 Å². The lowest BCUT2D eigenvalue weighted by molar-refractivity contribution is 0.0696. The van der Waals surface area contributed by atoms with Gasteiger partial charge in [-0.1, -0.05) is 0 Å². The number of hydrogen-bond acceptors (Lipinski definition) is 3. The molecule has 2 rings (SSSR count). The minimum absolute atomic E-state index is 0. The summed E-state index contributed by atoms with van der Waals surface area (Å²) in [6, 6.07) is 2.94. The Morgan fingerprint density at radius 1 is 1.40 bits per heavy atom. The van der Waals surface area contributed by atoms with Crippen molar-refractivity contribution in [1.29, 1.82) is 0 Å². The van der Waals surface area contributed by atoms with E-state index in [1.165, 1.54) is 18.3 Å². The van der Waals surface area contributed by atoms with Gasteiger partial charge in [0.25, 0.3) is 0 Å². The zero-order valence-corrected chi connectivity index (χ0v) is 8.39. The third-order valence-electron chi connectivity index (χ3n) is 1.76. The van der Waals surface area contributed by atoms with E-state index in [2.05, 4.69) is 9.97 Å². The molecule has 78 valence electrons. The predicted octanol–water partition coefficient (Wildman–Crippen LogP) is 1.39. The van der Waals surface area contributed by atoms with Crippen molar-refractivity contribution in [2.45, 2.75) is 0 Å². The van der Waals surface area contributed by atoms with E-state index in [1.54, 1.807) is 23.3 Å². The van der Waals surface area contributed by atoms with E-state index in [4.69, 9.17) is 5.11 Å². The number of rotatable bonds is 2. The second-order valence-corrected chi connectivity index (χ2v) is 2.68. The zero-order valence-electron chi connectivity index (χ0n) is 7.57. The van der Waals surface area contributed by atoms with Crippen LogP contribution in [-0.2, 0) is 0 Å². The molecule has 0 saturated heterocycles. The van der Waals surface area contributed by atoms with Gasteiger partial charge in [-0.3, -0.25) is 4.57 Å². The number of nitrogens with zero attached hydrogens (tertiary/aromatic N) is 3. The molecular formula is C9H8ClN3O2. The molecule has 2 aromatic rings. The average molecular weight is 226 g/mol. The fourth-order valence-electron chi connectivity index (χ4n) is 1.09. The summed E-state index contributed by atoms with van der Waals surface area (Å²) in [5.74, 6) is -0.420. The van der Waals surface area contributed by atoms with Crippen molar-refractivity contribution in [3.05, 3.63) is 42.6 Å². The lowest BCUT2D eigenvalue weighted by atomic mass is 10.2. The molecule has 0 spiro atoms. The molecule has 5 nitrogen and oxygen atoms in total. The van der Waals surface area contributed by atoms with Crippen LogP contribution in [0.25, 0.3) is 5.82 Å². The van der Waals surface area contributed by atoms with Crippen molar-refractivity contribution in [1.82, 2.24) is 14.5 Å². The van der Waals surface area contributed by atoms with Gasteiger partial charge in [0.2, 0.25) is 0 Å². The molecule has 1 N–H and O–H groups in total. The quantitative estimate of drug-likeness (QED) is 0.839. The Balaban J connectivity index is 0.00000112. The van der Waals surface area contributed by atoms with Gasteiger partial charge in [0.15, 0.2) is 0 Å². The van der Waals surface area contributed by atoms with E-state index in [1.807, 2.05) is 0 Å². The van der Waals surface area contributed by atoms with Gasteiger partial charge in [-0.2, -0.15) is 0 Å². The van der Waals surface area contributed by atoms with Crippen LogP contribution < -0.4 is 0 Å². The normalized spacial score (nSPS) is 9.33. The third kappa shape index (κ3) is 2.32. The average Bonchev–Trinajstić information content (AvgIpc) is 2.71. The molecule has 0 aliphatic rings. The summed E-state index contributed by atoms with van der Waals surface area (Å²) in [6.45, 7) is 0. The Kier molecular flexibility index (Phi) is 3.41. The summed E-state index contributed by atoms with van der Waals surface area (Å²) in [5, 5.41) is 8.75. The van der Waals surface area contributed by atoms with E-state index in [0.29, 0.717) is 5.82 Å². The summed E-state index contributed by atoms with van der Waals surface area (Å²) in [5.41, 5.74) is 0.212. The lowest BCUT2D eigenvalue weighted by Crippen LogP contribution is -2.00. The molecule has 6 heteroatoms.